The predicted molar refractivity (Wildman–Crippen MR) is 74.7 cm³/mol. The maximum atomic E-state index is 12.3. The van der Waals surface area contributed by atoms with Gasteiger partial charge in [0.15, 0.2) is 0 Å². The fourth-order valence-electron chi connectivity index (χ4n) is 2.93. The standard InChI is InChI=1S/C15H21NOS/c17-15(12-4-1-2-5-12)11-16(13-7-8-13)10-14-6-3-9-18-14/h3,6,9,12-13H,1-2,4-5,7-8,10-11H2. The highest BCUT2D eigenvalue weighted by molar-refractivity contribution is 7.09. The van der Waals surface area contributed by atoms with E-state index in [2.05, 4.69) is 22.4 Å². The number of carbonyl (C=O) groups is 1. The van der Waals surface area contributed by atoms with E-state index >= 15 is 0 Å². The van der Waals surface area contributed by atoms with Crippen molar-refractivity contribution in [2.45, 2.75) is 51.1 Å². The number of ketones is 1. The van der Waals surface area contributed by atoms with Crippen LogP contribution in [0.2, 0.25) is 0 Å². The Bertz CT molecular complexity index is 391. The Hall–Kier alpha value is -0.670. The van der Waals surface area contributed by atoms with E-state index in [-0.39, 0.29) is 0 Å². The molecule has 98 valence electrons. The van der Waals surface area contributed by atoms with E-state index in [1.54, 1.807) is 11.3 Å². The molecule has 0 radical (unpaired) electrons. The molecule has 0 saturated heterocycles. The second-order valence-electron chi connectivity index (χ2n) is 5.66. The van der Waals surface area contributed by atoms with Gasteiger partial charge in [0.05, 0.1) is 6.54 Å². The summed E-state index contributed by atoms with van der Waals surface area (Å²) in [6.45, 7) is 1.66. The van der Waals surface area contributed by atoms with E-state index in [1.807, 2.05) is 0 Å². The van der Waals surface area contributed by atoms with Crippen molar-refractivity contribution >= 4 is 17.1 Å². The first-order valence-corrected chi connectivity index (χ1v) is 8.00. The van der Waals surface area contributed by atoms with Crippen molar-refractivity contribution in [1.29, 1.82) is 0 Å². The molecule has 0 aliphatic heterocycles. The Labute approximate surface area is 113 Å². The molecule has 0 N–H and O–H groups in total. The van der Waals surface area contributed by atoms with Crippen LogP contribution in [-0.2, 0) is 11.3 Å². The normalized spacial score (nSPS) is 20.7. The maximum Gasteiger partial charge on any atom is 0.149 e. The van der Waals surface area contributed by atoms with Gasteiger partial charge in [-0.3, -0.25) is 9.69 Å². The topological polar surface area (TPSA) is 20.3 Å². The van der Waals surface area contributed by atoms with Gasteiger partial charge in [0.25, 0.3) is 0 Å². The summed E-state index contributed by atoms with van der Waals surface area (Å²) in [5, 5.41) is 2.12. The molecular formula is C15H21NOS. The van der Waals surface area contributed by atoms with Gasteiger partial charge >= 0.3 is 0 Å². The third-order valence-electron chi connectivity index (χ3n) is 4.17. The molecule has 2 saturated carbocycles. The largest absolute Gasteiger partial charge is 0.298 e. The van der Waals surface area contributed by atoms with Gasteiger partial charge in [-0.15, -0.1) is 11.3 Å². The highest BCUT2D eigenvalue weighted by Crippen LogP contribution is 2.31. The van der Waals surface area contributed by atoms with E-state index in [4.69, 9.17) is 0 Å². The van der Waals surface area contributed by atoms with Crippen LogP contribution in [0.5, 0.6) is 0 Å². The van der Waals surface area contributed by atoms with Crippen LogP contribution in [-0.4, -0.2) is 23.3 Å². The molecule has 2 aliphatic rings. The average molecular weight is 263 g/mol. The van der Waals surface area contributed by atoms with Gasteiger partial charge in [-0.25, -0.2) is 0 Å². The van der Waals surface area contributed by atoms with Crippen LogP contribution >= 0.6 is 11.3 Å². The first-order valence-electron chi connectivity index (χ1n) is 7.12. The lowest BCUT2D eigenvalue weighted by atomic mass is 10.0. The molecule has 1 heterocycles. The van der Waals surface area contributed by atoms with Crippen LogP contribution in [0.1, 0.15) is 43.4 Å². The summed E-state index contributed by atoms with van der Waals surface area (Å²) in [7, 11) is 0. The van der Waals surface area contributed by atoms with Crippen molar-refractivity contribution < 1.29 is 4.79 Å². The minimum absolute atomic E-state index is 0.370. The van der Waals surface area contributed by atoms with Crippen molar-refractivity contribution in [3.63, 3.8) is 0 Å². The molecule has 2 nitrogen and oxygen atoms in total. The number of Topliss-reactive ketones (excluding diaryl/α,β-unsaturated/α-hetero) is 1. The van der Waals surface area contributed by atoms with Gasteiger partial charge in [0.2, 0.25) is 0 Å². The number of hydrogen-bond acceptors (Lipinski definition) is 3. The van der Waals surface area contributed by atoms with Gasteiger partial charge < -0.3 is 0 Å². The summed E-state index contributed by atoms with van der Waals surface area (Å²) >= 11 is 1.80. The molecule has 1 aromatic rings. The minimum Gasteiger partial charge on any atom is -0.298 e. The third-order valence-corrected chi connectivity index (χ3v) is 5.03. The molecule has 0 spiro atoms. The Balaban J connectivity index is 1.58. The highest BCUT2D eigenvalue weighted by Gasteiger charge is 2.32. The van der Waals surface area contributed by atoms with E-state index in [1.165, 1.54) is 30.6 Å². The van der Waals surface area contributed by atoms with Gasteiger partial charge in [-0.1, -0.05) is 18.9 Å². The van der Waals surface area contributed by atoms with Crippen molar-refractivity contribution in [2.24, 2.45) is 5.92 Å². The molecule has 3 rings (SSSR count). The fraction of sp³-hybridized carbons (Fsp3) is 0.667. The van der Waals surface area contributed by atoms with Gasteiger partial charge in [-0.05, 0) is 37.1 Å². The Kier molecular flexibility index (Phi) is 3.80. The molecule has 1 aromatic heterocycles. The van der Waals surface area contributed by atoms with Crippen molar-refractivity contribution in [2.75, 3.05) is 6.54 Å². The number of hydrogen-bond donors (Lipinski definition) is 0. The van der Waals surface area contributed by atoms with E-state index < -0.39 is 0 Å². The summed E-state index contributed by atoms with van der Waals surface area (Å²) < 4.78 is 0. The number of rotatable bonds is 6. The zero-order valence-corrected chi connectivity index (χ0v) is 11.6. The third kappa shape index (κ3) is 3.01. The second-order valence-corrected chi connectivity index (χ2v) is 6.70. The second kappa shape index (κ2) is 5.54. The molecule has 0 bridgehead atoms. The molecule has 2 aliphatic carbocycles. The molecule has 3 heteroatoms. The number of carbonyl (C=O) groups excluding carboxylic acids is 1. The SMILES string of the molecule is O=C(CN(Cc1cccs1)C1CC1)C1CCCC1. The number of thiophene rings is 1. The zero-order valence-electron chi connectivity index (χ0n) is 10.8. The molecule has 18 heavy (non-hydrogen) atoms. The van der Waals surface area contributed by atoms with Crippen LogP contribution in [0.25, 0.3) is 0 Å². The van der Waals surface area contributed by atoms with Gasteiger partial charge in [-0.2, -0.15) is 0 Å². The molecule has 0 atom stereocenters. The van der Waals surface area contributed by atoms with Gasteiger partial charge in [0, 0.05) is 23.4 Å². The molecular weight excluding hydrogens is 242 g/mol. The van der Waals surface area contributed by atoms with E-state index in [0.717, 1.165) is 19.4 Å². The first kappa shape index (κ1) is 12.4. The lowest BCUT2D eigenvalue weighted by molar-refractivity contribution is -0.124. The van der Waals surface area contributed by atoms with Crippen LogP contribution in [0.3, 0.4) is 0 Å². The summed E-state index contributed by atoms with van der Waals surface area (Å²) in [4.78, 5) is 16.1. The lowest BCUT2D eigenvalue weighted by Gasteiger charge is -2.22. The van der Waals surface area contributed by atoms with Crippen LogP contribution < -0.4 is 0 Å². The first-order chi connectivity index (χ1) is 8.83. The Morgan fingerprint density at radius 3 is 2.67 bits per heavy atom. The molecule has 0 aromatic carbocycles. The molecule has 0 amide bonds. The van der Waals surface area contributed by atoms with E-state index in [9.17, 15) is 4.79 Å². The maximum absolute atomic E-state index is 12.3. The van der Waals surface area contributed by atoms with E-state index in [0.29, 0.717) is 24.3 Å². The quantitative estimate of drug-likeness (QED) is 0.783. The Morgan fingerprint density at radius 2 is 2.06 bits per heavy atom. The average Bonchev–Trinajstić information content (AvgIpc) is 2.88. The summed E-state index contributed by atoms with van der Waals surface area (Å²) in [5.41, 5.74) is 0. The summed E-state index contributed by atoms with van der Waals surface area (Å²) in [5.74, 6) is 0.866. The summed E-state index contributed by atoms with van der Waals surface area (Å²) in [6, 6.07) is 4.96. The minimum atomic E-state index is 0.370. The highest BCUT2D eigenvalue weighted by atomic mass is 32.1. The van der Waals surface area contributed by atoms with Crippen molar-refractivity contribution in [3.05, 3.63) is 22.4 Å². The zero-order chi connectivity index (χ0) is 12.4. The fourth-order valence-corrected chi connectivity index (χ4v) is 3.66. The van der Waals surface area contributed by atoms with Crippen molar-refractivity contribution in [3.8, 4) is 0 Å². The van der Waals surface area contributed by atoms with Crippen LogP contribution in [0.4, 0.5) is 0 Å². The molecule has 2 fully saturated rings. The number of nitrogens with zero attached hydrogens (tertiary/aromatic N) is 1. The smallest absolute Gasteiger partial charge is 0.149 e. The van der Waals surface area contributed by atoms with Gasteiger partial charge in [0.1, 0.15) is 5.78 Å². The predicted octanol–water partition coefficient (Wildman–Crippen LogP) is 3.47. The van der Waals surface area contributed by atoms with Crippen molar-refractivity contribution in [1.82, 2.24) is 4.90 Å². The molecule has 0 unspecified atom stereocenters. The van der Waals surface area contributed by atoms with Crippen LogP contribution in [0.15, 0.2) is 17.5 Å². The Morgan fingerprint density at radius 1 is 1.28 bits per heavy atom. The lowest BCUT2D eigenvalue weighted by Crippen LogP contribution is -2.33. The van der Waals surface area contributed by atoms with Crippen LogP contribution in [0, 0.1) is 5.92 Å². The monoisotopic (exact) mass is 263 g/mol. The summed E-state index contributed by atoms with van der Waals surface area (Å²) in [6.07, 6.45) is 7.34.